The Bertz CT molecular complexity index is 537. The number of thiophene rings is 1. The summed E-state index contributed by atoms with van der Waals surface area (Å²) in [5, 5.41) is 18.2. The lowest BCUT2D eigenvalue weighted by Gasteiger charge is -2.21. The van der Waals surface area contributed by atoms with Gasteiger partial charge in [0.15, 0.2) is 0 Å². The van der Waals surface area contributed by atoms with Crippen LogP contribution in [0, 0.1) is 0 Å². The van der Waals surface area contributed by atoms with Gasteiger partial charge in [0.1, 0.15) is 4.21 Å². The minimum Gasteiger partial charge on any atom is -0.481 e. The lowest BCUT2D eigenvalue weighted by atomic mass is 10.0. The fourth-order valence-corrected chi connectivity index (χ4v) is 4.37. The predicted molar refractivity (Wildman–Crippen MR) is 70.1 cm³/mol. The Morgan fingerprint density at radius 3 is 2.61 bits per heavy atom. The molecule has 0 bridgehead atoms. The number of nitrogens with one attached hydrogen (secondary N) is 1. The van der Waals surface area contributed by atoms with E-state index in [-0.39, 0.29) is 10.8 Å². The highest BCUT2D eigenvalue weighted by Crippen LogP contribution is 2.26. The van der Waals surface area contributed by atoms with E-state index in [2.05, 4.69) is 20.7 Å². The first-order valence-electron chi connectivity index (χ1n) is 4.82. The van der Waals surface area contributed by atoms with E-state index in [4.69, 9.17) is 5.11 Å². The third-order valence-electron chi connectivity index (χ3n) is 1.99. The molecule has 0 aromatic carbocycles. The van der Waals surface area contributed by atoms with Crippen LogP contribution in [-0.2, 0) is 14.8 Å². The van der Waals surface area contributed by atoms with Crippen molar-refractivity contribution in [3.8, 4) is 0 Å². The monoisotopic (exact) mass is 357 g/mol. The zero-order valence-corrected chi connectivity index (χ0v) is 12.6. The van der Waals surface area contributed by atoms with E-state index in [9.17, 15) is 18.3 Å². The van der Waals surface area contributed by atoms with E-state index in [1.807, 2.05) is 0 Å². The molecular formula is C9H12BrNO5S2. The Kier molecular flexibility index (Phi) is 4.90. The molecule has 0 spiro atoms. The van der Waals surface area contributed by atoms with Crippen LogP contribution in [0.25, 0.3) is 0 Å². The van der Waals surface area contributed by atoms with Crippen molar-refractivity contribution in [1.29, 1.82) is 0 Å². The third-order valence-corrected chi connectivity index (χ3v) is 5.51. The van der Waals surface area contributed by atoms with Gasteiger partial charge in [-0.25, -0.2) is 13.1 Å². The van der Waals surface area contributed by atoms with E-state index in [1.54, 1.807) is 6.07 Å². The molecule has 0 aliphatic carbocycles. The number of carbonyl (C=O) groups is 1. The van der Waals surface area contributed by atoms with Gasteiger partial charge >= 0.3 is 5.97 Å². The minimum atomic E-state index is -3.72. The molecule has 0 aliphatic rings. The van der Waals surface area contributed by atoms with Crippen molar-refractivity contribution >= 4 is 43.3 Å². The second kappa shape index (κ2) is 5.66. The number of rotatable bonds is 6. The molecule has 0 amide bonds. The summed E-state index contributed by atoms with van der Waals surface area (Å²) in [5.41, 5.74) is -1.63. The smallest absolute Gasteiger partial charge is 0.306 e. The highest BCUT2D eigenvalue weighted by Gasteiger charge is 2.27. The second-order valence-electron chi connectivity index (χ2n) is 3.95. The normalized spacial score (nSPS) is 15.3. The Labute approximate surface area is 117 Å². The topological polar surface area (TPSA) is 104 Å². The number of sulfonamides is 1. The Balaban J connectivity index is 2.71. The van der Waals surface area contributed by atoms with Crippen molar-refractivity contribution < 1.29 is 23.4 Å². The average molecular weight is 358 g/mol. The summed E-state index contributed by atoms with van der Waals surface area (Å²) in [7, 11) is -3.72. The number of hydrogen-bond acceptors (Lipinski definition) is 5. The molecule has 0 saturated carbocycles. The standard InChI is InChI=1S/C9H12BrNO5S2/c1-9(14,4-7(12)13)5-11-18(15,16)8-3-2-6(10)17-8/h2-3,11,14H,4-5H2,1H3,(H,12,13). The molecule has 1 aromatic heterocycles. The first-order chi connectivity index (χ1) is 8.12. The highest BCUT2D eigenvalue weighted by molar-refractivity contribution is 9.11. The molecule has 0 radical (unpaired) electrons. The Morgan fingerprint density at radius 1 is 1.56 bits per heavy atom. The molecule has 102 valence electrons. The molecule has 1 rings (SSSR count). The number of halogens is 1. The Morgan fingerprint density at radius 2 is 2.17 bits per heavy atom. The largest absolute Gasteiger partial charge is 0.481 e. The molecule has 18 heavy (non-hydrogen) atoms. The lowest BCUT2D eigenvalue weighted by molar-refractivity contribution is -0.141. The van der Waals surface area contributed by atoms with Crippen molar-refractivity contribution in [1.82, 2.24) is 4.72 Å². The van der Waals surface area contributed by atoms with Crippen molar-refractivity contribution in [3.63, 3.8) is 0 Å². The maximum absolute atomic E-state index is 11.8. The van der Waals surface area contributed by atoms with Crippen molar-refractivity contribution in [3.05, 3.63) is 15.9 Å². The first-order valence-corrected chi connectivity index (χ1v) is 7.91. The van der Waals surface area contributed by atoms with Gasteiger partial charge in [0.2, 0.25) is 10.0 Å². The minimum absolute atomic E-state index is 0.0977. The fraction of sp³-hybridized carbons (Fsp3) is 0.444. The van der Waals surface area contributed by atoms with E-state index in [0.29, 0.717) is 3.79 Å². The van der Waals surface area contributed by atoms with Crippen LogP contribution in [0.3, 0.4) is 0 Å². The quantitative estimate of drug-likeness (QED) is 0.704. The lowest BCUT2D eigenvalue weighted by Crippen LogP contribution is -2.41. The van der Waals surface area contributed by atoms with Gasteiger partial charge in [0.25, 0.3) is 0 Å². The van der Waals surface area contributed by atoms with E-state index in [0.717, 1.165) is 11.3 Å². The van der Waals surface area contributed by atoms with Gasteiger partial charge in [-0.2, -0.15) is 0 Å². The van der Waals surface area contributed by atoms with Crippen LogP contribution in [0.4, 0.5) is 0 Å². The molecular weight excluding hydrogens is 346 g/mol. The third kappa shape index (κ3) is 4.65. The van der Waals surface area contributed by atoms with Crippen molar-refractivity contribution in [2.75, 3.05) is 6.54 Å². The van der Waals surface area contributed by atoms with Gasteiger partial charge < -0.3 is 10.2 Å². The van der Waals surface area contributed by atoms with Crippen LogP contribution in [0.5, 0.6) is 0 Å². The molecule has 0 fully saturated rings. The number of carboxylic acids is 1. The number of aliphatic hydroxyl groups is 1. The van der Waals surface area contributed by atoms with Gasteiger partial charge in [-0.3, -0.25) is 4.79 Å². The summed E-state index contributed by atoms with van der Waals surface area (Å²) in [6.07, 6.45) is -0.538. The summed E-state index contributed by atoms with van der Waals surface area (Å²) in [4.78, 5) is 10.5. The number of carboxylic acid groups (broad SMARTS) is 1. The van der Waals surface area contributed by atoms with Crippen LogP contribution in [-0.4, -0.2) is 36.7 Å². The number of aliphatic carboxylic acids is 1. The first kappa shape index (κ1) is 15.6. The van der Waals surface area contributed by atoms with Crippen molar-refractivity contribution in [2.45, 2.75) is 23.2 Å². The van der Waals surface area contributed by atoms with Crippen LogP contribution < -0.4 is 4.72 Å². The van der Waals surface area contributed by atoms with Crippen LogP contribution >= 0.6 is 27.3 Å². The van der Waals surface area contributed by atoms with Gasteiger partial charge in [0.05, 0.1) is 15.8 Å². The zero-order chi connectivity index (χ0) is 14.0. The zero-order valence-electron chi connectivity index (χ0n) is 9.38. The molecule has 0 aliphatic heterocycles. The van der Waals surface area contributed by atoms with E-state index < -0.39 is 28.0 Å². The summed E-state index contributed by atoms with van der Waals surface area (Å²) in [5.74, 6) is -1.20. The van der Waals surface area contributed by atoms with Gasteiger partial charge in [0, 0.05) is 6.54 Å². The Hall–Kier alpha value is -0.480. The molecule has 1 aromatic rings. The summed E-state index contributed by atoms with van der Waals surface area (Å²) in [6, 6.07) is 3.01. The summed E-state index contributed by atoms with van der Waals surface area (Å²) >= 11 is 4.17. The van der Waals surface area contributed by atoms with Gasteiger partial charge in [-0.05, 0) is 35.0 Å². The maximum atomic E-state index is 11.8. The molecule has 1 heterocycles. The molecule has 6 nitrogen and oxygen atoms in total. The number of hydrogen-bond donors (Lipinski definition) is 3. The molecule has 3 N–H and O–H groups in total. The molecule has 1 atom stereocenters. The SMILES string of the molecule is CC(O)(CNS(=O)(=O)c1ccc(Br)s1)CC(=O)O. The van der Waals surface area contributed by atoms with E-state index >= 15 is 0 Å². The van der Waals surface area contributed by atoms with Gasteiger partial charge in [-0.15, -0.1) is 11.3 Å². The molecule has 1 unspecified atom stereocenters. The van der Waals surface area contributed by atoms with Crippen LogP contribution in [0.1, 0.15) is 13.3 Å². The molecule has 0 saturated heterocycles. The molecule has 9 heteroatoms. The van der Waals surface area contributed by atoms with Gasteiger partial charge in [-0.1, -0.05) is 0 Å². The highest BCUT2D eigenvalue weighted by atomic mass is 79.9. The van der Waals surface area contributed by atoms with Crippen molar-refractivity contribution in [2.24, 2.45) is 0 Å². The predicted octanol–water partition coefficient (Wildman–Crippen LogP) is 1.01. The average Bonchev–Trinajstić information content (AvgIpc) is 2.61. The fourth-order valence-electron chi connectivity index (χ4n) is 1.15. The van der Waals surface area contributed by atoms with Crippen LogP contribution in [0.15, 0.2) is 20.1 Å². The summed E-state index contributed by atoms with van der Waals surface area (Å²) < 4.78 is 26.5. The summed E-state index contributed by atoms with van der Waals surface area (Å²) in [6.45, 7) is 0.894. The van der Waals surface area contributed by atoms with E-state index in [1.165, 1.54) is 13.0 Å². The second-order valence-corrected chi connectivity index (χ2v) is 8.41. The van der Waals surface area contributed by atoms with Crippen LogP contribution in [0.2, 0.25) is 0 Å². The maximum Gasteiger partial charge on any atom is 0.306 e.